The number of nitrogens with zero attached hydrogens (tertiary/aromatic N) is 4. The van der Waals surface area contributed by atoms with Crippen LogP contribution in [0.4, 0.5) is 0 Å². The van der Waals surface area contributed by atoms with Crippen LogP contribution in [0, 0.1) is 0 Å². The quantitative estimate of drug-likeness (QED) is 0.341. The Morgan fingerprint density at radius 2 is 1.94 bits per heavy atom. The van der Waals surface area contributed by atoms with E-state index in [9.17, 15) is 9.59 Å². The lowest BCUT2D eigenvalue weighted by Gasteiger charge is -2.34. The lowest BCUT2D eigenvalue weighted by molar-refractivity contribution is -0.142. The van der Waals surface area contributed by atoms with Gasteiger partial charge >= 0.3 is 0 Å². The van der Waals surface area contributed by atoms with E-state index in [4.69, 9.17) is 4.74 Å². The zero-order chi connectivity index (χ0) is 25.7. The van der Waals surface area contributed by atoms with Crippen LogP contribution in [0.15, 0.2) is 66.0 Å². The number of benzene rings is 2. The molecule has 0 radical (unpaired) electrons. The number of nitrogens with one attached hydrogen (secondary N) is 1. The van der Waals surface area contributed by atoms with E-state index >= 15 is 0 Å². The van der Waals surface area contributed by atoms with Crippen LogP contribution in [0.2, 0.25) is 0 Å². The molecular formula is C27H31N5O3S. The summed E-state index contributed by atoms with van der Waals surface area (Å²) in [5, 5.41) is 13.4. The number of ether oxygens (including phenoxy) is 1. The number of para-hydroxylation sites is 1. The first-order chi connectivity index (χ1) is 17.3. The third-order valence-corrected chi connectivity index (χ3v) is 7.16. The van der Waals surface area contributed by atoms with E-state index in [0.29, 0.717) is 11.3 Å². The zero-order valence-corrected chi connectivity index (χ0v) is 21.8. The summed E-state index contributed by atoms with van der Waals surface area (Å²) in [6, 6.07) is 18.0. The summed E-state index contributed by atoms with van der Waals surface area (Å²) < 4.78 is 6.97. The second-order valence-corrected chi connectivity index (χ2v) is 10.2. The Balaban J connectivity index is 1.73. The first-order valence-electron chi connectivity index (χ1n) is 11.9. The number of hydrogen-bond donors (Lipinski definition) is 1. The van der Waals surface area contributed by atoms with E-state index in [1.807, 2.05) is 86.8 Å². The van der Waals surface area contributed by atoms with Crippen LogP contribution in [0.1, 0.15) is 43.7 Å². The number of rotatable bonds is 10. The van der Waals surface area contributed by atoms with Crippen molar-refractivity contribution in [2.45, 2.75) is 51.9 Å². The molecule has 1 atom stereocenters. The molecule has 2 aromatic heterocycles. The fraction of sp³-hybridized carbons (Fsp3) is 0.333. The van der Waals surface area contributed by atoms with E-state index in [0.717, 1.165) is 22.4 Å². The Morgan fingerprint density at radius 1 is 1.14 bits per heavy atom. The number of hydrogen-bond acceptors (Lipinski definition) is 6. The minimum atomic E-state index is -0.802. The van der Waals surface area contributed by atoms with E-state index in [2.05, 4.69) is 15.6 Å². The summed E-state index contributed by atoms with van der Waals surface area (Å²) in [7, 11) is 1.60. The highest BCUT2D eigenvalue weighted by Gasteiger charge is 2.35. The lowest BCUT2D eigenvalue weighted by Crippen LogP contribution is -2.50. The van der Waals surface area contributed by atoms with Crippen molar-refractivity contribution in [3.05, 3.63) is 76.5 Å². The third-order valence-electron chi connectivity index (χ3n) is 6.23. The van der Waals surface area contributed by atoms with Gasteiger partial charge in [0.15, 0.2) is 0 Å². The Hall–Kier alpha value is -3.72. The number of carbonyl (C=O) groups excluding carboxylic acids is 2. The van der Waals surface area contributed by atoms with Crippen molar-refractivity contribution in [2.75, 3.05) is 7.11 Å². The molecule has 4 aromatic rings. The lowest BCUT2D eigenvalue weighted by atomic mass is 10.0. The van der Waals surface area contributed by atoms with Crippen molar-refractivity contribution >= 4 is 34.2 Å². The van der Waals surface area contributed by atoms with Gasteiger partial charge in [0, 0.05) is 17.0 Å². The number of thiophene rings is 1. The molecule has 188 valence electrons. The normalized spacial score (nSPS) is 12.3. The van der Waals surface area contributed by atoms with Crippen LogP contribution >= 0.6 is 11.3 Å². The average Bonchev–Trinajstić information content (AvgIpc) is 3.54. The van der Waals surface area contributed by atoms with Crippen LogP contribution in [0.3, 0.4) is 0 Å². The predicted molar refractivity (Wildman–Crippen MR) is 141 cm³/mol. The average molecular weight is 506 g/mol. The predicted octanol–water partition coefficient (Wildman–Crippen LogP) is 4.58. The highest BCUT2D eigenvalue weighted by Crippen LogP contribution is 2.29. The molecule has 2 heterocycles. The summed E-state index contributed by atoms with van der Waals surface area (Å²) in [5.41, 5.74) is 1.91. The van der Waals surface area contributed by atoms with E-state index < -0.39 is 11.6 Å². The molecule has 0 aliphatic carbocycles. The SMILES string of the molecule is CCC(C)(C)NC(=O)[C@@H](c1cccs1)N(Cc1cccc(OC)c1)C(=O)Cn1nnc2ccccc21. The smallest absolute Gasteiger partial charge is 0.248 e. The summed E-state index contributed by atoms with van der Waals surface area (Å²) in [5.74, 6) is 0.228. The van der Waals surface area contributed by atoms with Gasteiger partial charge in [-0.25, -0.2) is 4.68 Å². The molecule has 36 heavy (non-hydrogen) atoms. The van der Waals surface area contributed by atoms with Crippen molar-refractivity contribution < 1.29 is 14.3 Å². The second-order valence-electron chi connectivity index (χ2n) is 9.25. The molecule has 2 aromatic carbocycles. The molecule has 0 spiro atoms. The maximum atomic E-state index is 13.9. The minimum Gasteiger partial charge on any atom is -0.497 e. The van der Waals surface area contributed by atoms with Crippen LogP contribution in [0.25, 0.3) is 11.0 Å². The third kappa shape index (κ3) is 5.73. The molecule has 0 aliphatic heterocycles. The van der Waals surface area contributed by atoms with Gasteiger partial charge < -0.3 is 15.0 Å². The molecule has 0 saturated heterocycles. The number of methoxy groups -OCH3 is 1. The first kappa shape index (κ1) is 25.4. The fourth-order valence-corrected chi connectivity index (χ4v) is 4.74. The molecule has 1 N–H and O–H groups in total. The summed E-state index contributed by atoms with van der Waals surface area (Å²) >= 11 is 1.45. The maximum absolute atomic E-state index is 13.9. The van der Waals surface area contributed by atoms with Gasteiger partial charge in [-0.3, -0.25) is 9.59 Å². The van der Waals surface area contributed by atoms with Gasteiger partial charge in [-0.05, 0) is 61.5 Å². The van der Waals surface area contributed by atoms with E-state index in [-0.39, 0.29) is 24.9 Å². The maximum Gasteiger partial charge on any atom is 0.248 e. The Kier molecular flexibility index (Phi) is 7.69. The molecule has 0 unspecified atom stereocenters. The number of carbonyl (C=O) groups is 2. The largest absolute Gasteiger partial charge is 0.497 e. The molecule has 4 rings (SSSR count). The molecular weight excluding hydrogens is 474 g/mol. The molecule has 0 fully saturated rings. The standard InChI is InChI=1S/C27H31N5O3S/c1-5-27(2,3)28-26(34)25(23-14-9-15-36-23)31(17-19-10-8-11-20(16-19)35-4)24(33)18-32-22-13-7-6-12-21(22)29-30-32/h6-16,25H,5,17-18H2,1-4H3,(H,28,34)/t25-/m1/s1. The van der Waals surface area contributed by atoms with Crippen LogP contribution in [-0.2, 0) is 22.7 Å². The van der Waals surface area contributed by atoms with Gasteiger partial charge in [-0.1, -0.05) is 42.5 Å². The number of amides is 2. The van der Waals surface area contributed by atoms with Crippen LogP contribution in [0.5, 0.6) is 5.75 Å². The highest BCUT2D eigenvalue weighted by molar-refractivity contribution is 7.10. The summed E-state index contributed by atoms with van der Waals surface area (Å²) in [4.78, 5) is 30.1. The Morgan fingerprint density at radius 3 is 2.67 bits per heavy atom. The van der Waals surface area contributed by atoms with E-state index in [1.165, 1.54) is 11.3 Å². The van der Waals surface area contributed by atoms with E-state index in [1.54, 1.807) is 16.7 Å². The van der Waals surface area contributed by atoms with Gasteiger partial charge in [0.2, 0.25) is 11.8 Å². The fourth-order valence-electron chi connectivity index (χ4n) is 3.91. The Bertz CT molecular complexity index is 1330. The van der Waals surface area contributed by atoms with Crippen LogP contribution < -0.4 is 10.1 Å². The molecule has 0 aliphatic rings. The van der Waals surface area contributed by atoms with Crippen molar-refractivity contribution in [3.63, 3.8) is 0 Å². The highest BCUT2D eigenvalue weighted by atomic mass is 32.1. The Labute approximate surface area is 214 Å². The van der Waals surface area contributed by atoms with Gasteiger partial charge in [0.05, 0.1) is 12.6 Å². The van der Waals surface area contributed by atoms with Crippen molar-refractivity contribution in [3.8, 4) is 5.75 Å². The number of fused-ring (bicyclic) bond motifs is 1. The summed E-state index contributed by atoms with van der Waals surface area (Å²) in [6.45, 7) is 6.16. The van der Waals surface area contributed by atoms with Crippen molar-refractivity contribution in [1.29, 1.82) is 0 Å². The molecule has 2 amide bonds. The topological polar surface area (TPSA) is 89.4 Å². The molecule has 9 heteroatoms. The molecule has 0 saturated carbocycles. The first-order valence-corrected chi connectivity index (χ1v) is 12.8. The van der Waals surface area contributed by atoms with Gasteiger partial charge in [-0.15, -0.1) is 16.4 Å². The van der Waals surface area contributed by atoms with Gasteiger partial charge in [0.1, 0.15) is 23.9 Å². The van der Waals surface area contributed by atoms with Gasteiger partial charge in [-0.2, -0.15) is 0 Å². The molecule has 0 bridgehead atoms. The zero-order valence-electron chi connectivity index (χ0n) is 21.0. The monoisotopic (exact) mass is 505 g/mol. The minimum absolute atomic E-state index is 0.0448. The van der Waals surface area contributed by atoms with Crippen molar-refractivity contribution in [1.82, 2.24) is 25.2 Å². The van der Waals surface area contributed by atoms with Gasteiger partial charge in [0.25, 0.3) is 0 Å². The summed E-state index contributed by atoms with van der Waals surface area (Å²) in [6.07, 6.45) is 0.755. The number of aromatic nitrogens is 3. The van der Waals surface area contributed by atoms with Crippen molar-refractivity contribution in [2.24, 2.45) is 0 Å². The second kappa shape index (κ2) is 10.9. The molecule has 8 nitrogen and oxygen atoms in total. The van der Waals surface area contributed by atoms with Crippen LogP contribution in [-0.4, -0.2) is 44.4 Å².